The zero-order valence-electron chi connectivity index (χ0n) is 9.30. The van der Waals surface area contributed by atoms with Crippen LogP contribution in [-0.4, -0.2) is 21.7 Å². The highest BCUT2D eigenvalue weighted by molar-refractivity contribution is 5.57. The maximum Gasteiger partial charge on any atom is 0.411 e. The van der Waals surface area contributed by atoms with E-state index in [-0.39, 0.29) is 24.5 Å². The lowest BCUT2D eigenvalue weighted by Crippen LogP contribution is -2.39. The van der Waals surface area contributed by atoms with Gasteiger partial charge in [-0.25, -0.2) is 9.97 Å². The van der Waals surface area contributed by atoms with Crippen LogP contribution in [0.25, 0.3) is 0 Å². The van der Waals surface area contributed by atoms with Crippen molar-refractivity contribution >= 4 is 11.6 Å². The van der Waals surface area contributed by atoms with Gasteiger partial charge in [-0.3, -0.25) is 0 Å². The molecule has 4 nitrogen and oxygen atoms in total. The molecule has 0 radical (unpaired) electrons. The van der Waals surface area contributed by atoms with E-state index < -0.39 is 11.7 Å². The van der Waals surface area contributed by atoms with Gasteiger partial charge in [0.25, 0.3) is 0 Å². The van der Waals surface area contributed by atoms with Crippen LogP contribution < -0.4 is 11.1 Å². The fraction of sp³-hybridized carbons (Fsp3) is 0.600. The largest absolute Gasteiger partial charge is 0.411 e. The molecule has 0 atom stereocenters. The Hall–Kier alpha value is -1.53. The van der Waals surface area contributed by atoms with E-state index in [4.69, 9.17) is 5.73 Å². The van der Waals surface area contributed by atoms with E-state index >= 15 is 0 Å². The van der Waals surface area contributed by atoms with Crippen molar-refractivity contribution in [2.24, 2.45) is 0 Å². The van der Waals surface area contributed by atoms with E-state index in [0.717, 1.165) is 0 Å². The van der Waals surface area contributed by atoms with Crippen LogP contribution in [0.4, 0.5) is 24.8 Å². The highest BCUT2D eigenvalue weighted by Gasteiger charge is 2.63. The average Bonchev–Trinajstić information content (AvgIpc) is 2.98. The second kappa shape index (κ2) is 3.75. The highest BCUT2D eigenvalue weighted by Crippen LogP contribution is 2.51. The molecule has 2 rings (SSSR count). The molecule has 17 heavy (non-hydrogen) atoms. The van der Waals surface area contributed by atoms with Crippen molar-refractivity contribution in [1.82, 2.24) is 9.97 Å². The molecule has 1 aromatic heterocycles. The van der Waals surface area contributed by atoms with Crippen molar-refractivity contribution in [2.45, 2.75) is 37.9 Å². The van der Waals surface area contributed by atoms with E-state index in [1.54, 1.807) is 6.92 Å². The molecule has 1 saturated carbocycles. The number of hydrogen-bond acceptors (Lipinski definition) is 4. The molecule has 7 heteroatoms. The van der Waals surface area contributed by atoms with Gasteiger partial charge in [-0.05, 0) is 19.3 Å². The Bertz CT molecular complexity index is 426. The van der Waals surface area contributed by atoms with Crippen molar-refractivity contribution in [3.05, 3.63) is 11.9 Å². The number of halogens is 3. The summed E-state index contributed by atoms with van der Waals surface area (Å²) in [6.45, 7) is 1.80. The summed E-state index contributed by atoms with van der Waals surface area (Å²) in [6, 6.07) is 0. The molecular weight excluding hydrogens is 233 g/mol. The Morgan fingerprint density at radius 2 is 2.06 bits per heavy atom. The Morgan fingerprint density at radius 3 is 2.53 bits per heavy atom. The quantitative estimate of drug-likeness (QED) is 0.857. The zero-order chi connectivity index (χ0) is 12.7. The van der Waals surface area contributed by atoms with Gasteiger partial charge < -0.3 is 11.1 Å². The number of alkyl halides is 3. The Labute approximate surface area is 96.4 Å². The summed E-state index contributed by atoms with van der Waals surface area (Å²) in [5, 5.41) is 2.47. The summed E-state index contributed by atoms with van der Waals surface area (Å²) in [4.78, 5) is 7.62. The third kappa shape index (κ3) is 2.01. The van der Waals surface area contributed by atoms with Crippen molar-refractivity contribution in [2.75, 3.05) is 11.1 Å². The molecule has 0 amide bonds. The maximum atomic E-state index is 12.8. The van der Waals surface area contributed by atoms with E-state index in [2.05, 4.69) is 15.3 Å². The van der Waals surface area contributed by atoms with E-state index in [0.29, 0.717) is 12.0 Å². The molecule has 0 bridgehead atoms. The molecule has 0 unspecified atom stereocenters. The summed E-state index contributed by atoms with van der Waals surface area (Å²) >= 11 is 0. The highest BCUT2D eigenvalue weighted by atomic mass is 19.4. The lowest BCUT2D eigenvalue weighted by atomic mass is 10.2. The topological polar surface area (TPSA) is 63.8 Å². The van der Waals surface area contributed by atoms with Crippen LogP contribution in [0.5, 0.6) is 0 Å². The van der Waals surface area contributed by atoms with Crippen LogP contribution in [0.15, 0.2) is 6.33 Å². The molecule has 0 aliphatic heterocycles. The number of nitrogen functional groups attached to an aromatic ring is 1. The third-order valence-electron chi connectivity index (χ3n) is 2.98. The van der Waals surface area contributed by atoms with Gasteiger partial charge in [-0.2, -0.15) is 13.2 Å². The van der Waals surface area contributed by atoms with Crippen molar-refractivity contribution in [1.29, 1.82) is 0 Å². The lowest BCUT2D eigenvalue weighted by molar-refractivity contribution is -0.151. The van der Waals surface area contributed by atoms with Gasteiger partial charge in [-0.15, -0.1) is 0 Å². The van der Waals surface area contributed by atoms with E-state index in [1.165, 1.54) is 6.33 Å². The normalized spacial score (nSPS) is 17.9. The first-order valence-corrected chi connectivity index (χ1v) is 5.34. The number of anilines is 2. The molecule has 0 aromatic carbocycles. The minimum absolute atomic E-state index is 0.0730. The molecule has 1 heterocycles. The van der Waals surface area contributed by atoms with Crippen molar-refractivity contribution in [3.8, 4) is 0 Å². The summed E-state index contributed by atoms with van der Waals surface area (Å²) in [5.74, 6) is 0.415. The number of nitrogens with zero attached hydrogens (tertiary/aromatic N) is 2. The summed E-state index contributed by atoms with van der Waals surface area (Å²) < 4.78 is 38.3. The fourth-order valence-corrected chi connectivity index (χ4v) is 1.71. The van der Waals surface area contributed by atoms with Gasteiger partial charge in [0.1, 0.15) is 23.5 Å². The molecule has 0 saturated heterocycles. The summed E-state index contributed by atoms with van der Waals surface area (Å²) in [5.41, 5.74) is 4.32. The van der Waals surface area contributed by atoms with E-state index in [1.807, 2.05) is 0 Å². The fourth-order valence-electron chi connectivity index (χ4n) is 1.71. The van der Waals surface area contributed by atoms with Crippen LogP contribution in [0.2, 0.25) is 0 Å². The van der Waals surface area contributed by atoms with Crippen LogP contribution in [-0.2, 0) is 6.42 Å². The minimum Gasteiger partial charge on any atom is -0.383 e. The molecule has 1 fully saturated rings. The van der Waals surface area contributed by atoms with Crippen molar-refractivity contribution in [3.63, 3.8) is 0 Å². The predicted molar refractivity (Wildman–Crippen MR) is 57.5 cm³/mol. The monoisotopic (exact) mass is 246 g/mol. The average molecular weight is 246 g/mol. The number of nitrogens with one attached hydrogen (secondary N) is 1. The maximum absolute atomic E-state index is 12.8. The second-order valence-corrected chi connectivity index (χ2v) is 4.14. The number of rotatable bonds is 3. The first-order valence-electron chi connectivity index (χ1n) is 5.34. The molecule has 1 aliphatic rings. The molecule has 0 spiro atoms. The second-order valence-electron chi connectivity index (χ2n) is 4.14. The standard InChI is InChI=1S/C10H13F3N4/c1-2-6-7(14)15-5-16-8(6)17-9(3-4-9)10(11,12)13/h5H,2-4H2,1H3,(H3,14,15,16,17). The molecule has 1 aromatic rings. The molecular formula is C10H13F3N4. The van der Waals surface area contributed by atoms with Crippen LogP contribution in [0, 0.1) is 0 Å². The van der Waals surface area contributed by atoms with Gasteiger partial charge >= 0.3 is 6.18 Å². The Morgan fingerprint density at radius 1 is 1.41 bits per heavy atom. The van der Waals surface area contributed by atoms with Crippen LogP contribution in [0.3, 0.4) is 0 Å². The van der Waals surface area contributed by atoms with Gasteiger partial charge in [0.2, 0.25) is 0 Å². The van der Waals surface area contributed by atoms with Gasteiger partial charge in [0.15, 0.2) is 0 Å². The molecule has 94 valence electrons. The lowest BCUT2D eigenvalue weighted by Gasteiger charge is -2.22. The first kappa shape index (κ1) is 11.9. The summed E-state index contributed by atoms with van der Waals surface area (Å²) in [7, 11) is 0. The number of hydrogen-bond donors (Lipinski definition) is 2. The zero-order valence-corrected chi connectivity index (χ0v) is 9.30. The smallest absolute Gasteiger partial charge is 0.383 e. The number of aromatic nitrogens is 2. The van der Waals surface area contributed by atoms with Crippen molar-refractivity contribution < 1.29 is 13.2 Å². The van der Waals surface area contributed by atoms with E-state index in [9.17, 15) is 13.2 Å². The Kier molecular flexibility index (Phi) is 2.63. The molecule has 3 N–H and O–H groups in total. The molecule has 1 aliphatic carbocycles. The van der Waals surface area contributed by atoms with Gasteiger partial charge in [0, 0.05) is 5.56 Å². The Balaban J connectivity index is 2.28. The van der Waals surface area contributed by atoms with Crippen LogP contribution in [0.1, 0.15) is 25.3 Å². The number of nitrogens with two attached hydrogens (primary N) is 1. The third-order valence-corrected chi connectivity index (χ3v) is 2.98. The minimum atomic E-state index is -4.27. The van der Waals surface area contributed by atoms with Gasteiger partial charge in [-0.1, -0.05) is 6.92 Å². The summed E-state index contributed by atoms with van der Waals surface area (Å²) in [6.07, 6.45) is -2.46. The SMILES string of the molecule is CCc1c(N)ncnc1NC1(C(F)(F)F)CC1. The van der Waals surface area contributed by atoms with Gasteiger partial charge in [0.05, 0.1) is 0 Å². The van der Waals surface area contributed by atoms with Crippen LogP contribution >= 0.6 is 0 Å². The first-order chi connectivity index (χ1) is 7.89. The predicted octanol–water partition coefficient (Wildman–Crippen LogP) is 2.13.